The van der Waals surface area contributed by atoms with E-state index in [0.29, 0.717) is 37.8 Å². The van der Waals surface area contributed by atoms with Crippen LogP contribution in [-0.2, 0) is 16.0 Å². The highest BCUT2D eigenvalue weighted by molar-refractivity contribution is 5.76. The SMILES string of the molecule is Cc1ccc(CCCC(=O)N2CCO[C@@H](c3noc(C)n3)C2)cc1. The van der Waals surface area contributed by atoms with Crippen LogP contribution in [0.3, 0.4) is 0 Å². The maximum absolute atomic E-state index is 12.4. The summed E-state index contributed by atoms with van der Waals surface area (Å²) in [6.07, 6.45) is 2.03. The van der Waals surface area contributed by atoms with Crippen LogP contribution in [0, 0.1) is 13.8 Å². The van der Waals surface area contributed by atoms with E-state index in [-0.39, 0.29) is 12.0 Å². The Kier molecular flexibility index (Phi) is 5.25. The number of ether oxygens (including phenoxy) is 1. The van der Waals surface area contributed by atoms with Crippen LogP contribution in [0.2, 0.25) is 0 Å². The summed E-state index contributed by atoms with van der Waals surface area (Å²) >= 11 is 0. The second-order valence-electron chi connectivity index (χ2n) is 6.21. The summed E-state index contributed by atoms with van der Waals surface area (Å²) in [7, 11) is 0. The van der Waals surface area contributed by atoms with Crippen molar-refractivity contribution in [2.75, 3.05) is 19.7 Å². The second-order valence-corrected chi connectivity index (χ2v) is 6.21. The molecule has 1 fully saturated rings. The molecule has 128 valence electrons. The van der Waals surface area contributed by atoms with Crippen LogP contribution in [0.15, 0.2) is 28.8 Å². The molecule has 1 aromatic carbocycles. The van der Waals surface area contributed by atoms with Crippen molar-refractivity contribution in [3.8, 4) is 0 Å². The van der Waals surface area contributed by atoms with Crippen molar-refractivity contribution in [1.29, 1.82) is 0 Å². The summed E-state index contributed by atoms with van der Waals surface area (Å²) < 4.78 is 10.7. The molecule has 6 heteroatoms. The van der Waals surface area contributed by atoms with Gasteiger partial charge in [-0.05, 0) is 25.3 Å². The zero-order valence-corrected chi connectivity index (χ0v) is 14.2. The fraction of sp³-hybridized carbons (Fsp3) is 0.500. The molecule has 6 nitrogen and oxygen atoms in total. The maximum Gasteiger partial charge on any atom is 0.223 e. The lowest BCUT2D eigenvalue weighted by Crippen LogP contribution is -2.42. The molecular weight excluding hydrogens is 306 g/mol. The highest BCUT2D eigenvalue weighted by Crippen LogP contribution is 2.20. The van der Waals surface area contributed by atoms with Crippen LogP contribution in [-0.4, -0.2) is 40.6 Å². The first-order valence-electron chi connectivity index (χ1n) is 8.37. The monoisotopic (exact) mass is 329 g/mol. The molecule has 0 radical (unpaired) electrons. The quantitative estimate of drug-likeness (QED) is 0.843. The number of morpholine rings is 1. The highest BCUT2D eigenvalue weighted by atomic mass is 16.5. The van der Waals surface area contributed by atoms with E-state index >= 15 is 0 Å². The van der Waals surface area contributed by atoms with Crippen molar-refractivity contribution >= 4 is 5.91 Å². The van der Waals surface area contributed by atoms with Crippen molar-refractivity contribution in [2.24, 2.45) is 0 Å². The van der Waals surface area contributed by atoms with E-state index in [9.17, 15) is 4.79 Å². The summed E-state index contributed by atoms with van der Waals surface area (Å²) in [4.78, 5) is 18.5. The first kappa shape index (κ1) is 16.6. The van der Waals surface area contributed by atoms with E-state index < -0.39 is 0 Å². The lowest BCUT2D eigenvalue weighted by molar-refractivity contribution is -0.139. The standard InChI is InChI=1S/C18H23N3O3/c1-13-6-8-15(9-7-13)4-3-5-17(22)21-10-11-23-16(12-21)18-19-14(2)24-20-18/h6-9,16H,3-5,10-12H2,1-2H3/t16-/m1/s1. The van der Waals surface area contributed by atoms with Gasteiger partial charge < -0.3 is 14.2 Å². The van der Waals surface area contributed by atoms with Crippen LogP contribution in [0.4, 0.5) is 0 Å². The Morgan fingerprint density at radius 3 is 2.79 bits per heavy atom. The molecule has 2 heterocycles. The predicted octanol–water partition coefficient (Wildman–Crippen LogP) is 2.61. The summed E-state index contributed by atoms with van der Waals surface area (Å²) in [5.41, 5.74) is 2.53. The number of carbonyl (C=O) groups is 1. The molecule has 1 aromatic heterocycles. The van der Waals surface area contributed by atoms with Gasteiger partial charge in [-0.15, -0.1) is 0 Å². The number of aryl methyl sites for hydroxylation is 3. The van der Waals surface area contributed by atoms with Gasteiger partial charge >= 0.3 is 0 Å². The Morgan fingerprint density at radius 2 is 2.08 bits per heavy atom. The van der Waals surface area contributed by atoms with Crippen LogP contribution in [0.25, 0.3) is 0 Å². The van der Waals surface area contributed by atoms with E-state index in [1.54, 1.807) is 6.92 Å². The summed E-state index contributed by atoms with van der Waals surface area (Å²) in [6, 6.07) is 8.47. The topological polar surface area (TPSA) is 68.5 Å². The number of nitrogens with zero attached hydrogens (tertiary/aromatic N) is 3. The molecule has 24 heavy (non-hydrogen) atoms. The zero-order chi connectivity index (χ0) is 16.9. The number of rotatable bonds is 5. The van der Waals surface area contributed by atoms with Gasteiger partial charge in [0.15, 0.2) is 0 Å². The summed E-state index contributed by atoms with van der Waals surface area (Å²) in [6.45, 7) is 5.43. The Balaban J connectivity index is 1.48. The molecule has 1 aliphatic rings. The van der Waals surface area contributed by atoms with Gasteiger partial charge in [0.2, 0.25) is 17.6 Å². The highest BCUT2D eigenvalue weighted by Gasteiger charge is 2.28. The van der Waals surface area contributed by atoms with Gasteiger partial charge in [0.25, 0.3) is 0 Å². The molecule has 2 aromatic rings. The normalized spacial score (nSPS) is 17.9. The number of carbonyl (C=O) groups excluding carboxylic acids is 1. The maximum atomic E-state index is 12.4. The number of benzene rings is 1. The van der Waals surface area contributed by atoms with E-state index in [0.717, 1.165) is 12.8 Å². The van der Waals surface area contributed by atoms with Crippen molar-refractivity contribution in [2.45, 2.75) is 39.2 Å². The largest absolute Gasteiger partial charge is 0.366 e. The third-order valence-electron chi connectivity index (χ3n) is 4.23. The Bertz CT molecular complexity index is 681. The van der Waals surface area contributed by atoms with Crippen LogP contribution in [0.1, 0.15) is 41.8 Å². The molecule has 0 aliphatic carbocycles. The van der Waals surface area contributed by atoms with Crippen molar-refractivity contribution < 1.29 is 14.1 Å². The van der Waals surface area contributed by atoms with E-state index in [1.165, 1.54) is 11.1 Å². The zero-order valence-electron chi connectivity index (χ0n) is 14.2. The van der Waals surface area contributed by atoms with Gasteiger partial charge in [0, 0.05) is 19.9 Å². The fourth-order valence-electron chi connectivity index (χ4n) is 2.83. The first-order valence-corrected chi connectivity index (χ1v) is 8.37. The van der Waals surface area contributed by atoms with Gasteiger partial charge in [-0.1, -0.05) is 35.0 Å². The first-order chi connectivity index (χ1) is 11.6. The Labute approximate surface area is 141 Å². The molecule has 3 rings (SSSR count). The molecule has 0 bridgehead atoms. The molecule has 1 amide bonds. The van der Waals surface area contributed by atoms with E-state index in [2.05, 4.69) is 41.3 Å². The third-order valence-corrected chi connectivity index (χ3v) is 4.23. The van der Waals surface area contributed by atoms with Gasteiger partial charge in [0.05, 0.1) is 13.2 Å². The predicted molar refractivity (Wildman–Crippen MR) is 88.4 cm³/mol. The lowest BCUT2D eigenvalue weighted by atomic mass is 10.1. The van der Waals surface area contributed by atoms with Gasteiger partial charge in [-0.3, -0.25) is 4.79 Å². The number of hydrogen-bond acceptors (Lipinski definition) is 5. The van der Waals surface area contributed by atoms with Crippen LogP contribution < -0.4 is 0 Å². The number of hydrogen-bond donors (Lipinski definition) is 0. The average Bonchev–Trinajstić information content (AvgIpc) is 3.03. The summed E-state index contributed by atoms with van der Waals surface area (Å²) in [5, 5.41) is 3.89. The van der Waals surface area contributed by atoms with Crippen LogP contribution in [0.5, 0.6) is 0 Å². The van der Waals surface area contributed by atoms with Crippen molar-refractivity contribution in [3.05, 3.63) is 47.1 Å². The average molecular weight is 329 g/mol. The molecule has 1 atom stereocenters. The second kappa shape index (κ2) is 7.57. The smallest absolute Gasteiger partial charge is 0.223 e. The molecule has 0 spiro atoms. The van der Waals surface area contributed by atoms with Crippen LogP contribution >= 0.6 is 0 Å². The minimum atomic E-state index is -0.294. The molecule has 1 aliphatic heterocycles. The molecule has 1 saturated heterocycles. The summed E-state index contributed by atoms with van der Waals surface area (Å²) in [5.74, 6) is 1.19. The minimum Gasteiger partial charge on any atom is -0.366 e. The molecule has 0 unspecified atom stereocenters. The van der Waals surface area contributed by atoms with E-state index in [4.69, 9.17) is 9.26 Å². The number of aromatic nitrogens is 2. The Morgan fingerprint density at radius 1 is 1.29 bits per heavy atom. The van der Waals surface area contributed by atoms with Crippen molar-refractivity contribution in [1.82, 2.24) is 15.0 Å². The molecule has 0 saturated carbocycles. The Hall–Kier alpha value is -2.21. The number of amides is 1. The van der Waals surface area contributed by atoms with E-state index in [1.807, 2.05) is 4.90 Å². The fourth-order valence-corrected chi connectivity index (χ4v) is 2.83. The van der Waals surface area contributed by atoms with Gasteiger partial charge in [-0.25, -0.2) is 0 Å². The lowest BCUT2D eigenvalue weighted by Gasteiger charge is -2.31. The molecular formula is C18H23N3O3. The van der Waals surface area contributed by atoms with Gasteiger partial charge in [0.1, 0.15) is 6.10 Å². The molecule has 0 N–H and O–H groups in total. The third kappa shape index (κ3) is 4.20. The van der Waals surface area contributed by atoms with Gasteiger partial charge in [-0.2, -0.15) is 4.98 Å². The van der Waals surface area contributed by atoms with Crippen molar-refractivity contribution in [3.63, 3.8) is 0 Å². The minimum absolute atomic E-state index is 0.163.